The number of amides is 3. The van der Waals surface area contributed by atoms with Crippen LogP contribution in [0, 0.1) is 0 Å². The molecule has 1 fully saturated rings. The second-order valence-electron chi connectivity index (χ2n) is 5.53. The van der Waals surface area contributed by atoms with E-state index in [1.807, 2.05) is 24.3 Å². The molecule has 0 unspecified atom stereocenters. The number of hydrogen-bond acceptors (Lipinski definition) is 4. The molecule has 0 spiro atoms. The number of anilines is 1. The van der Waals surface area contributed by atoms with Gasteiger partial charge in [-0.3, -0.25) is 10.1 Å². The number of methoxy groups -OCH3 is 1. The Labute approximate surface area is 144 Å². The lowest BCUT2D eigenvalue weighted by Crippen LogP contribution is -2.30. The summed E-state index contributed by atoms with van der Waals surface area (Å²) in [7, 11) is 1.59. The molecule has 1 aromatic carbocycles. The van der Waals surface area contributed by atoms with Crippen LogP contribution in [0.3, 0.4) is 0 Å². The molecule has 0 bridgehead atoms. The van der Waals surface area contributed by atoms with Gasteiger partial charge in [0.15, 0.2) is 0 Å². The molecule has 1 aliphatic carbocycles. The number of ether oxygens (including phenoxy) is 1. The van der Waals surface area contributed by atoms with Crippen LogP contribution in [0.5, 0.6) is 5.75 Å². The van der Waals surface area contributed by atoms with Gasteiger partial charge >= 0.3 is 6.03 Å². The van der Waals surface area contributed by atoms with Crippen LogP contribution in [0.1, 0.15) is 28.8 Å². The number of para-hydroxylation sites is 1. The van der Waals surface area contributed by atoms with E-state index in [2.05, 4.69) is 16.0 Å². The fourth-order valence-electron chi connectivity index (χ4n) is 2.25. The molecule has 0 atom stereocenters. The van der Waals surface area contributed by atoms with Crippen molar-refractivity contribution in [1.29, 1.82) is 0 Å². The quantitative estimate of drug-likeness (QED) is 0.753. The minimum absolute atomic E-state index is 0.140. The molecule has 3 amide bonds. The molecule has 0 saturated heterocycles. The van der Waals surface area contributed by atoms with Gasteiger partial charge < -0.3 is 15.4 Å². The van der Waals surface area contributed by atoms with Gasteiger partial charge in [-0.1, -0.05) is 18.2 Å². The maximum absolute atomic E-state index is 12.1. The lowest BCUT2D eigenvalue weighted by Gasteiger charge is -2.11. The molecule has 3 N–H and O–H groups in total. The molecule has 0 aliphatic heterocycles. The second-order valence-corrected chi connectivity index (χ2v) is 6.45. The zero-order valence-corrected chi connectivity index (χ0v) is 14.1. The van der Waals surface area contributed by atoms with Gasteiger partial charge in [-0.05, 0) is 30.4 Å². The van der Waals surface area contributed by atoms with Gasteiger partial charge in [-0.2, -0.15) is 0 Å². The summed E-state index contributed by atoms with van der Waals surface area (Å²) in [4.78, 5) is 24.2. The first-order chi connectivity index (χ1) is 11.7. The summed E-state index contributed by atoms with van der Waals surface area (Å²) in [5.41, 5.74) is 1.38. The maximum atomic E-state index is 12.1. The van der Waals surface area contributed by atoms with Crippen molar-refractivity contribution in [3.05, 3.63) is 46.8 Å². The molecule has 2 aromatic rings. The molecule has 7 heteroatoms. The second kappa shape index (κ2) is 7.35. The van der Waals surface area contributed by atoms with Crippen LogP contribution in [0.2, 0.25) is 0 Å². The fraction of sp³-hybridized carbons (Fsp3) is 0.294. The largest absolute Gasteiger partial charge is 0.496 e. The molecule has 1 aliphatic rings. The Morgan fingerprint density at radius 1 is 1.25 bits per heavy atom. The molecule has 0 radical (unpaired) electrons. The summed E-state index contributed by atoms with van der Waals surface area (Å²) in [6.45, 7) is 0.338. The van der Waals surface area contributed by atoms with Crippen molar-refractivity contribution in [3.63, 3.8) is 0 Å². The number of carbonyl (C=O) groups excluding carboxylic acids is 2. The van der Waals surface area contributed by atoms with E-state index >= 15 is 0 Å². The number of carbonyl (C=O) groups is 2. The zero-order valence-electron chi connectivity index (χ0n) is 13.3. The SMILES string of the molecule is COc1ccccc1CNC(=O)Nc1sccc1C(=O)NC1CC1. The zero-order chi connectivity index (χ0) is 16.9. The van der Waals surface area contributed by atoms with E-state index in [1.165, 1.54) is 11.3 Å². The van der Waals surface area contributed by atoms with Crippen LogP contribution in [0.25, 0.3) is 0 Å². The number of benzene rings is 1. The van der Waals surface area contributed by atoms with E-state index in [9.17, 15) is 9.59 Å². The van der Waals surface area contributed by atoms with Crippen molar-refractivity contribution in [1.82, 2.24) is 10.6 Å². The predicted octanol–water partition coefficient (Wildman–Crippen LogP) is 2.97. The van der Waals surface area contributed by atoms with Crippen LogP contribution in [0.15, 0.2) is 35.7 Å². The standard InChI is InChI=1S/C17H19N3O3S/c1-23-14-5-3-2-4-11(14)10-18-17(22)20-16-13(8-9-24-16)15(21)19-12-6-7-12/h2-5,8-9,12H,6-7,10H2,1H3,(H,19,21)(H2,18,20,22). The van der Waals surface area contributed by atoms with E-state index in [4.69, 9.17) is 4.74 Å². The van der Waals surface area contributed by atoms with Gasteiger partial charge in [0.2, 0.25) is 0 Å². The lowest BCUT2D eigenvalue weighted by atomic mass is 10.2. The van der Waals surface area contributed by atoms with Gasteiger partial charge in [0, 0.05) is 18.2 Å². The average Bonchev–Trinajstić information content (AvgIpc) is 3.28. The van der Waals surface area contributed by atoms with Crippen molar-refractivity contribution < 1.29 is 14.3 Å². The third-order valence-electron chi connectivity index (χ3n) is 3.68. The van der Waals surface area contributed by atoms with E-state index in [0.717, 1.165) is 24.2 Å². The summed E-state index contributed by atoms with van der Waals surface area (Å²) in [6.07, 6.45) is 2.05. The maximum Gasteiger partial charge on any atom is 0.320 e. The fourth-order valence-corrected chi connectivity index (χ4v) is 3.03. The smallest absolute Gasteiger partial charge is 0.320 e. The van der Waals surface area contributed by atoms with Crippen LogP contribution in [-0.4, -0.2) is 25.1 Å². The highest BCUT2D eigenvalue weighted by atomic mass is 32.1. The summed E-state index contributed by atoms with van der Waals surface area (Å²) in [5, 5.41) is 10.8. The van der Waals surface area contributed by atoms with Gasteiger partial charge in [0.05, 0.1) is 12.7 Å². The highest BCUT2D eigenvalue weighted by Crippen LogP contribution is 2.25. The van der Waals surface area contributed by atoms with E-state index < -0.39 is 0 Å². The van der Waals surface area contributed by atoms with Crippen LogP contribution in [0.4, 0.5) is 9.80 Å². The Balaban J connectivity index is 1.57. The summed E-state index contributed by atoms with van der Waals surface area (Å²) < 4.78 is 5.25. The Morgan fingerprint density at radius 2 is 2.04 bits per heavy atom. The molecule has 126 valence electrons. The number of urea groups is 1. The normalized spacial score (nSPS) is 13.2. The van der Waals surface area contributed by atoms with Gasteiger partial charge in [0.25, 0.3) is 5.91 Å². The predicted molar refractivity (Wildman–Crippen MR) is 93.7 cm³/mol. The van der Waals surface area contributed by atoms with Crippen molar-refractivity contribution in [2.24, 2.45) is 0 Å². The molecular weight excluding hydrogens is 326 g/mol. The van der Waals surface area contributed by atoms with Crippen molar-refractivity contribution in [2.75, 3.05) is 12.4 Å². The van der Waals surface area contributed by atoms with Gasteiger partial charge in [-0.25, -0.2) is 4.79 Å². The van der Waals surface area contributed by atoms with Crippen molar-refractivity contribution >= 4 is 28.3 Å². The first-order valence-electron chi connectivity index (χ1n) is 7.72. The number of thiophene rings is 1. The number of nitrogens with one attached hydrogen (secondary N) is 3. The molecule has 1 aromatic heterocycles. The molecular formula is C17H19N3O3S. The summed E-state index contributed by atoms with van der Waals surface area (Å²) in [5.74, 6) is 0.581. The van der Waals surface area contributed by atoms with Crippen LogP contribution < -0.4 is 20.7 Å². The first-order valence-corrected chi connectivity index (χ1v) is 8.60. The molecule has 3 rings (SSSR count). The summed E-state index contributed by atoms with van der Waals surface area (Å²) in [6, 6.07) is 9.13. The molecule has 24 heavy (non-hydrogen) atoms. The minimum Gasteiger partial charge on any atom is -0.496 e. The highest BCUT2D eigenvalue weighted by Gasteiger charge is 2.25. The Bertz CT molecular complexity index is 740. The van der Waals surface area contributed by atoms with E-state index in [1.54, 1.807) is 18.6 Å². The highest BCUT2D eigenvalue weighted by molar-refractivity contribution is 7.14. The Morgan fingerprint density at radius 3 is 2.79 bits per heavy atom. The van der Waals surface area contributed by atoms with E-state index in [0.29, 0.717) is 17.1 Å². The summed E-state index contributed by atoms with van der Waals surface area (Å²) >= 11 is 1.33. The van der Waals surface area contributed by atoms with Crippen molar-refractivity contribution in [3.8, 4) is 5.75 Å². The van der Waals surface area contributed by atoms with Gasteiger partial charge in [-0.15, -0.1) is 11.3 Å². The number of rotatable bonds is 6. The molecule has 1 saturated carbocycles. The number of hydrogen-bond donors (Lipinski definition) is 3. The monoisotopic (exact) mass is 345 g/mol. The Kier molecular flexibility index (Phi) is 5.00. The molecule has 1 heterocycles. The van der Waals surface area contributed by atoms with Gasteiger partial charge in [0.1, 0.15) is 10.8 Å². The topological polar surface area (TPSA) is 79.5 Å². The average molecular weight is 345 g/mol. The molecule has 6 nitrogen and oxygen atoms in total. The Hall–Kier alpha value is -2.54. The van der Waals surface area contributed by atoms with Crippen LogP contribution >= 0.6 is 11.3 Å². The minimum atomic E-state index is -0.358. The first kappa shape index (κ1) is 16.3. The third-order valence-corrected chi connectivity index (χ3v) is 4.51. The van der Waals surface area contributed by atoms with Crippen molar-refractivity contribution in [2.45, 2.75) is 25.4 Å². The third kappa shape index (κ3) is 4.05. The lowest BCUT2D eigenvalue weighted by molar-refractivity contribution is 0.0952. The van der Waals surface area contributed by atoms with Crippen LogP contribution in [-0.2, 0) is 6.54 Å². The van der Waals surface area contributed by atoms with E-state index in [-0.39, 0.29) is 18.0 Å².